The van der Waals surface area contributed by atoms with Crippen molar-refractivity contribution in [1.29, 1.82) is 0 Å². The van der Waals surface area contributed by atoms with Crippen LogP contribution >= 0.6 is 7.82 Å². The average Bonchev–Trinajstić information content (AvgIpc) is 2.93. The van der Waals surface area contributed by atoms with E-state index in [0.29, 0.717) is 12.8 Å². The van der Waals surface area contributed by atoms with Crippen LogP contribution in [0.15, 0.2) is 0 Å². The topological polar surface area (TPSA) is 172 Å². The third-order valence-corrected chi connectivity index (χ3v) is 7.56. The van der Waals surface area contributed by atoms with Crippen molar-refractivity contribution in [3.05, 3.63) is 0 Å². The summed E-state index contributed by atoms with van der Waals surface area (Å²) in [5.74, 6) is -2.38. The summed E-state index contributed by atoms with van der Waals surface area (Å²) in [7, 11) is -4.69. The molecule has 11 nitrogen and oxygen atoms in total. The number of phosphoric ester groups is 1. The predicted octanol–water partition coefficient (Wildman–Crippen LogP) is 6.44. The lowest BCUT2D eigenvalue weighted by Gasteiger charge is -2.20. The van der Waals surface area contributed by atoms with Crippen LogP contribution in [0.3, 0.4) is 0 Å². The first-order chi connectivity index (χ1) is 19.6. The fourth-order valence-electron chi connectivity index (χ4n) is 4.06. The summed E-state index contributed by atoms with van der Waals surface area (Å²) in [5.41, 5.74) is 5.28. The Labute approximate surface area is 246 Å². The number of rotatable bonds is 29. The van der Waals surface area contributed by atoms with Gasteiger partial charge in [0.1, 0.15) is 12.6 Å². The molecule has 0 radical (unpaired) electrons. The van der Waals surface area contributed by atoms with Gasteiger partial charge in [0.25, 0.3) is 0 Å². The molecule has 242 valence electrons. The highest BCUT2D eigenvalue weighted by Crippen LogP contribution is 2.43. The lowest BCUT2D eigenvalue weighted by atomic mass is 10.1. The smallest absolute Gasteiger partial charge is 0.472 e. The summed E-state index contributed by atoms with van der Waals surface area (Å²) >= 11 is 0. The molecule has 3 unspecified atom stereocenters. The normalized spacial score (nSPS) is 14.2. The molecule has 0 fully saturated rings. The molecule has 0 aromatic heterocycles. The minimum Gasteiger partial charge on any atom is -0.480 e. The molecule has 0 aliphatic heterocycles. The zero-order valence-corrected chi connectivity index (χ0v) is 26.3. The van der Waals surface area contributed by atoms with Gasteiger partial charge in [-0.2, -0.15) is 0 Å². The Hall–Kier alpha value is -1.52. The number of unbranched alkanes of at least 4 members (excludes halogenated alkanes) is 15. The molecular weight excluding hydrogens is 553 g/mol. The number of phosphoric acid groups is 1. The van der Waals surface area contributed by atoms with Gasteiger partial charge in [0.15, 0.2) is 6.10 Å². The molecule has 0 bridgehead atoms. The third kappa shape index (κ3) is 25.9. The molecule has 0 saturated heterocycles. The summed E-state index contributed by atoms with van der Waals surface area (Å²) in [6, 6.07) is -1.51. The first-order valence-corrected chi connectivity index (χ1v) is 17.1. The van der Waals surface area contributed by atoms with Gasteiger partial charge in [-0.15, -0.1) is 0 Å². The molecular formula is C29H56NO10P. The van der Waals surface area contributed by atoms with Crippen molar-refractivity contribution in [1.82, 2.24) is 0 Å². The van der Waals surface area contributed by atoms with Crippen molar-refractivity contribution >= 4 is 25.7 Å². The van der Waals surface area contributed by atoms with Crippen LogP contribution in [-0.4, -0.2) is 59.9 Å². The number of aliphatic carboxylic acids is 1. The van der Waals surface area contributed by atoms with Crippen molar-refractivity contribution in [2.24, 2.45) is 5.73 Å². The van der Waals surface area contributed by atoms with Crippen molar-refractivity contribution in [2.45, 2.75) is 148 Å². The number of esters is 2. The van der Waals surface area contributed by atoms with E-state index in [4.69, 9.17) is 24.8 Å². The van der Waals surface area contributed by atoms with Gasteiger partial charge in [-0.05, 0) is 12.8 Å². The van der Waals surface area contributed by atoms with Gasteiger partial charge < -0.3 is 25.2 Å². The highest BCUT2D eigenvalue weighted by Gasteiger charge is 2.28. The largest absolute Gasteiger partial charge is 0.480 e. The van der Waals surface area contributed by atoms with E-state index in [1.54, 1.807) is 0 Å². The van der Waals surface area contributed by atoms with E-state index in [9.17, 15) is 23.8 Å². The maximum atomic E-state index is 12.4. The van der Waals surface area contributed by atoms with E-state index in [2.05, 4.69) is 18.4 Å². The Morgan fingerprint density at radius 3 is 1.54 bits per heavy atom. The van der Waals surface area contributed by atoms with Gasteiger partial charge in [0.05, 0.1) is 13.2 Å². The standard InChI is InChI=1S/C29H56NO10P/c1-3-5-7-9-11-12-13-15-17-19-21-28(32)40-25(23-38-41(35,36)39-24-26(30)29(33)34)22-37-27(31)20-18-16-14-10-8-6-4-2/h25-26H,3-24,30H2,1-2H3,(H,33,34)(H,35,36). The number of ether oxygens (including phenoxy) is 2. The maximum absolute atomic E-state index is 12.4. The van der Waals surface area contributed by atoms with Crippen LogP contribution < -0.4 is 5.73 Å². The first kappa shape index (κ1) is 39.5. The van der Waals surface area contributed by atoms with Gasteiger partial charge in [-0.1, -0.05) is 110 Å². The Morgan fingerprint density at radius 2 is 1.07 bits per heavy atom. The Kier molecular flexibility index (Phi) is 25.2. The molecule has 0 aliphatic carbocycles. The summed E-state index contributed by atoms with van der Waals surface area (Å²) in [4.78, 5) is 45.2. The Morgan fingerprint density at radius 1 is 0.659 bits per heavy atom. The minimum atomic E-state index is -4.69. The molecule has 0 amide bonds. The van der Waals surface area contributed by atoms with Crippen molar-refractivity contribution in [3.8, 4) is 0 Å². The molecule has 0 aliphatic rings. The monoisotopic (exact) mass is 609 g/mol. The van der Waals surface area contributed by atoms with Crippen molar-refractivity contribution in [2.75, 3.05) is 19.8 Å². The summed E-state index contributed by atoms with van der Waals surface area (Å²) in [6.07, 6.45) is 17.9. The van der Waals surface area contributed by atoms with Crippen LogP contribution in [-0.2, 0) is 37.5 Å². The Balaban J connectivity index is 4.55. The molecule has 3 atom stereocenters. The molecule has 0 spiro atoms. The summed E-state index contributed by atoms with van der Waals surface area (Å²) in [5, 5.41) is 8.79. The second-order valence-corrected chi connectivity index (χ2v) is 12.1. The predicted molar refractivity (Wildman–Crippen MR) is 157 cm³/mol. The van der Waals surface area contributed by atoms with Crippen LogP contribution in [0.1, 0.15) is 136 Å². The van der Waals surface area contributed by atoms with Gasteiger partial charge in [0, 0.05) is 12.8 Å². The molecule has 0 saturated carbocycles. The van der Waals surface area contributed by atoms with Crippen molar-refractivity contribution < 1.29 is 47.5 Å². The number of hydrogen-bond acceptors (Lipinski definition) is 9. The number of hydrogen-bond donors (Lipinski definition) is 3. The second kappa shape index (κ2) is 26.1. The van der Waals surface area contributed by atoms with Crippen molar-refractivity contribution in [3.63, 3.8) is 0 Å². The number of carbonyl (C=O) groups is 3. The number of carbonyl (C=O) groups excluding carboxylic acids is 2. The van der Waals surface area contributed by atoms with Gasteiger partial charge >= 0.3 is 25.7 Å². The third-order valence-electron chi connectivity index (χ3n) is 6.61. The molecule has 4 N–H and O–H groups in total. The summed E-state index contributed by atoms with van der Waals surface area (Å²) < 4.78 is 32.2. The van der Waals surface area contributed by atoms with E-state index in [0.717, 1.165) is 38.5 Å². The Bertz CT molecular complexity index is 736. The summed E-state index contributed by atoms with van der Waals surface area (Å²) in [6.45, 7) is 2.69. The van der Waals surface area contributed by atoms with Crippen LogP contribution in [0.4, 0.5) is 0 Å². The molecule has 0 aromatic rings. The average molecular weight is 610 g/mol. The van der Waals surface area contributed by atoms with Gasteiger partial charge in [-0.25, -0.2) is 4.57 Å². The van der Waals surface area contributed by atoms with Gasteiger partial charge in [0.2, 0.25) is 0 Å². The van der Waals surface area contributed by atoms with Crippen LogP contribution in [0, 0.1) is 0 Å². The lowest BCUT2D eigenvalue weighted by molar-refractivity contribution is -0.161. The van der Waals surface area contributed by atoms with E-state index in [1.807, 2.05) is 0 Å². The zero-order valence-electron chi connectivity index (χ0n) is 25.4. The SMILES string of the molecule is CCCCCCCCCCCCC(=O)OC(COC(=O)CCCCCCCCC)COP(=O)(O)OCC(N)C(=O)O. The minimum absolute atomic E-state index is 0.166. The quantitative estimate of drug-likeness (QED) is 0.0484. The molecule has 0 aromatic carbocycles. The van der Waals surface area contributed by atoms with E-state index in [-0.39, 0.29) is 19.4 Å². The zero-order chi connectivity index (χ0) is 30.8. The highest BCUT2D eigenvalue weighted by atomic mass is 31.2. The van der Waals surface area contributed by atoms with Crippen LogP contribution in [0.2, 0.25) is 0 Å². The number of nitrogens with two attached hydrogens (primary N) is 1. The van der Waals surface area contributed by atoms with Crippen LogP contribution in [0.5, 0.6) is 0 Å². The first-order valence-electron chi connectivity index (χ1n) is 15.6. The van der Waals surface area contributed by atoms with E-state index in [1.165, 1.54) is 57.8 Å². The lowest BCUT2D eigenvalue weighted by Crippen LogP contribution is -2.34. The highest BCUT2D eigenvalue weighted by molar-refractivity contribution is 7.47. The molecule has 12 heteroatoms. The van der Waals surface area contributed by atoms with E-state index < -0.39 is 51.1 Å². The maximum Gasteiger partial charge on any atom is 0.472 e. The second-order valence-electron chi connectivity index (χ2n) is 10.6. The molecule has 41 heavy (non-hydrogen) atoms. The molecule has 0 heterocycles. The van der Waals surface area contributed by atoms with Crippen LogP contribution in [0.25, 0.3) is 0 Å². The molecule has 0 rings (SSSR count). The number of carboxylic acids is 1. The number of carboxylic acid groups (broad SMARTS) is 1. The van der Waals surface area contributed by atoms with Gasteiger partial charge in [-0.3, -0.25) is 23.4 Å². The van der Waals surface area contributed by atoms with E-state index >= 15 is 0 Å². The fraction of sp³-hybridized carbons (Fsp3) is 0.897. The fourth-order valence-corrected chi connectivity index (χ4v) is 4.84.